The van der Waals surface area contributed by atoms with Crippen molar-refractivity contribution in [3.05, 3.63) is 71.8 Å². The fourth-order valence-corrected chi connectivity index (χ4v) is 2.29. The normalized spacial score (nSPS) is 9.81. The molecule has 0 aliphatic carbocycles. The SMILES string of the molecule is N#CCCOC(=O)N(C(=O)Cc1ccccc1)C(=O)Cc1ccccc1. The van der Waals surface area contributed by atoms with E-state index in [1.54, 1.807) is 48.5 Å². The summed E-state index contributed by atoms with van der Waals surface area (Å²) in [7, 11) is 0. The lowest BCUT2D eigenvalue weighted by atomic mass is 10.1. The number of benzene rings is 2. The van der Waals surface area contributed by atoms with E-state index in [-0.39, 0.29) is 25.9 Å². The molecule has 0 aliphatic heterocycles. The molecule has 2 aromatic rings. The zero-order valence-corrected chi connectivity index (χ0v) is 14.1. The van der Waals surface area contributed by atoms with E-state index >= 15 is 0 Å². The first kappa shape index (κ1) is 18.9. The van der Waals surface area contributed by atoms with Gasteiger partial charge in [-0.25, -0.2) is 4.79 Å². The Labute approximate surface area is 151 Å². The van der Waals surface area contributed by atoms with E-state index < -0.39 is 17.9 Å². The van der Waals surface area contributed by atoms with Gasteiger partial charge in [-0.05, 0) is 11.1 Å². The van der Waals surface area contributed by atoms with Crippen LogP contribution >= 0.6 is 0 Å². The Morgan fingerprint density at radius 1 is 0.846 bits per heavy atom. The van der Waals surface area contributed by atoms with Crippen LogP contribution in [0, 0.1) is 11.3 Å². The van der Waals surface area contributed by atoms with Crippen molar-refractivity contribution in [2.75, 3.05) is 6.61 Å². The number of rotatable bonds is 6. The first-order valence-corrected chi connectivity index (χ1v) is 8.09. The zero-order chi connectivity index (χ0) is 18.8. The van der Waals surface area contributed by atoms with Gasteiger partial charge >= 0.3 is 6.09 Å². The molecule has 0 spiro atoms. The number of imide groups is 3. The molecule has 0 N–H and O–H groups in total. The predicted octanol–water partition coefficient (Wildman–Crippen LogP) is 2.88. The first-order chi connectivity index (χ1) is 12.6. The van der Waals surface area contributed by atoms with Crippen LogP contribution in [0.25, 0.3) is 0 Å². The fraction of sp³-hybridized carbons (Fsp3) is 0.200. The summed E-state index contributed by atoms with van der Waals surface area (Å²) >= 11 is 0. The summed E-state index contributed by atoms with van der Waals surface area (Å²) in [5, 5.41) is 8.54. The topological polar surface area (TPSA) is 87.5 Å². The van der Waals surface area contributed by atoms with Gasteiger partial charge in [-0.1, -0.05) is 60.7 Å². The molecule has 2 rings (SSSR count). The van der Waals surface area contributed by atoms with Gasteiger partial charge in [0, 0.05) is 0 Å². The number of hydrogen-bond acceptors (Lipinski definition) is 5. The summed E-state index contributed by atoms with van der Waals surface area (Å²) in [5.41, 5.74) is 1.36. The summed E-state index contributed by atoms with van der Waals surface area (Å²) in [4.78, 5) is 37.9. The van der Waals surface area contributed by atoms with Crippen LogP contribution in [0.4, 0.5) is 4.79 Å². The van der Waals surface area contributed by atoms with Crippen LogP contribution in [0.15, 0.2) is 60.7 Å². The number of nitrogens with zero attached hydrogens (tertiary/aromatic N) is 2. The average molecular weight is 350 g/mol. The Morgan fingerprint density at radius 2 is 1.31 bits per heavy atom. The monoisotopic (exact) mass is 350 g/mol. The van der Waals surface area contributed by atoms with E-state index in [0.717, 1.165) is 0 Å². The highest BCUT2D eigenvalue weighted by Crippen LogP contribution is 2.09. The lowest BCUT2D eigenvalue weighted by Gasteiger charge is -2.18. The van der Waals surface area contributed by atoms with Crippen molar-refractivity contribution in [3.8, 4) is 6.07 Å². The van der Waals surface area contributed by atoms with Crippen molar-refractivity contribution in [1.82, 2.24) is 4.90 Å². The molecular formula is C20H18N2O4. The smallest absolute Gasteiger partial charge is 0.423 e. The molecule has 0 saturated heterocycles. The Bertz CT molecular complexity index is 744. The zero-order valence-electron chi connectivity index (χ0n) is 14.1. The van der Waals surface area contributed by atoms with Gasteiger partial charge < -0.3 is 4.74 Å². The number of amides is 3. The second-order valence-electron chi connectivity index (χ2n) is 5.47. The van der Waals surface area contributed by atoms with E-state index in [4.69, 9.17) is 10.00 Å². The minimum absolute atomic E-state index is 0.0146. The molecule has 0 fully saturated rings. The highest BCUT2D eigenvalue weighted by Gasteiger charge is 2.29. The molecule has 0 unspecified atom stereocenters. The molecule has 0 bridgehead atoms. The van der Waals surface area contributed by atoms with Crippen LogP contribution < -0.4 is 0 Å². The third kappa shape index (κ3) is 5.56. The van der Waals surface area contributed by atoms with Crippen molar-refractivity contribution in [3.63, 3.8) is 0 Å². The molecule has 0 atom stereocenters. The number of carbonyl (C=O) groups is 3. The third-order valence-corrected chi connectivity index (χ3v) is 3.52. The van der Waals surface area contributed by atoms with Gasteiger partial charge in [0.25, 0.3) is 0 Å². The van der Waals surface area contributed by atoms with Crippen molar-refractivity contribution in [1.29, 1.82) is 5.26 Å². The molecule has 132 valence electrons. The molecule has 6 heteroatoms. The van der Waals surface area contributed by atoms with Gasteiger partial charge in [0.2, 0.25) is 11.8 Å². The number of carbonyl (C=O) groups excluding carboxylic acids is 3. The summed E-state index contributed by atoms with van der Waals surface area (Å²) in [6, 6.07) is 19.5. The molecule has 0 heterocycles. The van der Waals surface area contributed by atoms with Crippen molar-refractivity contribution in [2.24, 2.45) is 0 Å². The van der Waals surface area contributed by atoms with Gasteiger partial charge in [-0.3, -0.25) is 9.59 Å². The van der Waals surface area contributed by atoms with Gasteiger partial charge in [0.15, 0.2) is 0 Å². The van der Waals surface area contributed by atoms with Crippen LogP contribution in [-0.4, -0.2) is 29.4 Å². The van der Waals surface area contributed by atoms with Gasteiger partial charge in [-0.15, -0.1) is 0 Å². The van der Waals surface area contributed by atoms with E-state index in [9.17, 15) is 14.4 Å². The molecule has 0 radical (unpaired) electrons. The Balaban J connectivity index is 2.14. The minimum atomic E-state index is -1.05. The maximum Gasteiger partial charge on any atom is 0.423 e. The molecule has 2 aromatic carbocycles. The van der Waals surface area contributed by atoms with E-state index in [1.807, 2.05) is 18.2 Å². The van der Waals surface area contributed by atoms with Gasteiger partial charge in [0.1, 0.15) is 6.61 Å². The van der Waals surface area contributed by atoms with Crippen molar-refractivity contribution in [2.45, 2.75) is 19.3 Å². The van der Waals surface area contributed by atoms with E-state index in [2.05, 4.69) is 0 Å². The Hall–Kier alpha value is -3.46. The summed E-state index contributed by atoms with van der Waals surface area (Å²) in [6.07, 6.45) is -1.27. The number of nitriles is 1. The maximum atomic E-state index is 12.6. The third-order valence-electron chi connectivity index (χ3n) is 3.52. The second kappa shape index (κ2) is 9.74. The summed E-state index contributed by atoms with van der Waals surface area (Å²) < 4.78 is 4.89. The largest absolute Gasteiger partial charge is 0.448 e. The van der Waals surface area contributed by atoms with Gasteiger partial charge in [-0.2, -0.15) is 10.2 Å². The van der Waals surface area contributed by atoms with Crippen LogP contribution in [0.2, 0.25) is 0 Å². The molecular weight excluding hydrogens is 332 g/mol. The molecule has 0 saturated carbocycles. The predicted molar refractivity (Wildman–Crippen MR) is 93.7 cm³/mol. The molecule has 0 aromatic heterocycles. The van der Waals surface area contributed by atoms with Crippen molar-refractivity contribution < 1.29 is 19.1 Å². The molecule has 6 nitrogen and oxygen atoms in total. The lowest BCUT2D eigenvalue weighted by Crippen LogP contribution is -2.44. The molecule has 0 aliphatic rings. The highest BCUT2D eigenvalue weighted by molar-refractivity contribution is 6.09. The molecule has 3 amide bonds. The van der Waals surface area contributed by atoms with Gasteiger partial charge in [0.05, 0.1) is 25.3 Å². The quantitative estimate of drug-likeness (QED) is 0.748. The summed E-state index contributed by atoms with van der Waals surface area (Å²) in [6.45, 7) is -0.178. The fourth-order valence-electron chi connectivity index (χ4n) is 2.29. The number of hydrogen-bond donors (Lipinski definition) is 0. The average Bonchev–Trinajstić information content (AvgIpc) is 2.63. The highest BCUT2D eigenvalue weighted by atomic mass is 16.6. The standard InChI is InChI=1S/C20H18N2O4/c21-12-7-13-26-20(25)22(18(23)14-16-8-3-1-4-9-16)19(24)15-17-10-5-2-6-11-17/h1-6,8-11H,7,13-15H2. The molecule has 26 heavy (non-hydrogen) atoms. The Morgan fingerprint density at radius 3 is 1.73 bits per heavy atom. The first-order valence-electron chi connectivity index (χ1n) is 8.09. The Kier molecular flexibility index (Phi) is 7.07. The minimum Gasteiger partial charge on any atom is -0.448 e. The van der Waals surface area contributed by atoms with E-state index in [1.165, 1.54) is 0 Å². The second-order valence-corrected chi connectivity index (χ2v) is 5.47. The lowest BCUT2D eigenvalue weighted by molar-refractivity contribution is -0.141. The van der Waals surface area contributed by atoms with Crippen LogP contribution in [0.1, 0.15) is 17.5 Å². The number of ether oxygens (including phenoxy) is 1. The van der Waals surface area contributed by atoms with Crippen LogP contribution in [0.3, 0.4) is 0 Å². The van der Waals surface area contributed by atoms with Crippen molar-refractivity contribution >= 4 is 17.9 Å². The summed E-state index contributed by atoms with van der Waals surface area (Å²) in [5.74, 6) is -1.34. The van der Waals surface area contributed by atoms with Crippen LogP contribution in [0.5, 0.6) is 0 Å². The van der Waals surface area contributed by atoms with E-state index in [0.29, 0.717) is 16.0 Å². The van der Waals surface area contributed by atoms with Crippen LogP contribution in [-0.2, 0) is 27.2 Å². The maximum absolute atomic E-state index is 12.6.